The lowest BCUT2D eigenvalue weighted by Crippen LogP contribution is -2.70. The van der Waals surface area contributed by atoms with Crippen molar-refractivity contribution >= 4 is 23.8 Å². The van der Waals surface area contributed by atoms with Gasteiger partial charge < -0.3 is 213 Å². The van der Waals surface area contributed by atoms with E-state index in [1.54, 1.807) is 20.8 Å². The van der Waals surface area contributed by atoms with Gasteiger partial charge in [0.1, 0.15) is 164 Å². The van der Waals surface area contributed by atoms with E-state index in [0.29, 0.717) is 37.7 Å². The van der Waals surface area contributed by atoms with E-state index in [-0.39, 0.29) is 61.5 Å². The second-order valence-corrected chi connectivity index (χ2v) is 44.1. The third kappa shape index (κ3) is 23.0. The monoisotopic (exact) mass is 2080 g/mol. The highest BCUT2D eigenvalue weighted by Gasteiger charge is 2.74. The Labute approximate surface area is 839 Å². The lowest BCUT2D eigenvalue weighted by Gasteiger charge is -2.72. The number of allylic oxidation sites excluding steroid dienone is 4. The molecule has 25 N–H and O–H groups in total. The highest BCUT2D eigenvalue weighted by atomic mass is 16.8. The number of carbonyl (C=O) groups excluding carboxylic acids is 4. The van der Waals surface area contributed by atoms with Crippen molar-refractivity contribution in [1.82, 2.24) is 5.32 Å². The number of hydrogen-bond donors (Lipinski definition) is 25. The van der Waals surface area contributed by atoms with Crippen LogP contribution in [0.15, 0.2) is 60.3 Å². The van der Waals surface area contributed by atoms with E-state index in [9.17, 15) is 132 Å². The second-order valence-electron chi connectivity index (χ2n) is 44.1. The van der Waals surface area contributed by atoms with Crippen molar-refractivity contribution in [3.8, 4) is 0 Å². The van der Waals surface area contributed by atoms with Gasteiger partial charge in [0.15, 0.2) is 56.2 Å². The molecular weight excluding hydrogens is 1930 g/mol. The van der Waals surface area contributed by atoms with Gasteiger partial charge in [-0.15, -0.1) is 13.2 Å². The first-order chi connectivity index (χ1) is 68.0. The summed E-state index contributed by atoms with van der Waals surface area (Å²) in [5.41, 5.74) is -9.16. The molecule has 0 spiro atoms. The van der Waals surface area contributed by atoms with E-state index in [4.69, 9.17) is 85.3 Å². The fraction of sp³-hybridized carbons (Fsp3) is 0.857. The number of amides is 1. The topological polar surface area (TPSA) is 732 Å². The Kier molecular flexibility index (Phi) is 37.4. The van der Waals surface area contributed by atoms with Crippen molar-refractivity contribution in [3.05, 3.63) is 60.3 Å². The van der Waals surface area contributed by atoms with E-state index >= 15 is 9.59 Å². The number of rotatable bonds is 35. The standard InChI is InChI=1S/C98H155NO46/c1-16-93(11,127)26-18-20-45(34-101)81(125)139-75-41(4)132-87(73(122)69(75)118)145-94(12,17-2)27-19-21-44(33-100)80(124)137-57-32-98(90(126)144-89-79(68(117)62(111)50(36-103)135-89)143-86-74(123)77(141-85-72(121)66(115)61(110)49(35-102)133-85)76(42(5)131-86)140-84-71(120)63(112)51(37-104)134-84)47(30-91(57,7)8)46-22-23-54-95(13)28-25-56(92(9,10)53(95)24-29-96(54,14)97(46,15)31-55(98)107)138-82-58(99-43(6)105)65(114)64(113)52(136-82)39-129-88-78(67(116)59(108)40(3)130-88)142-83-70(119)60(109)48(106)38-128-83/h16-17,20-22,40-42,47-79,82-89,100-104,106-123,127H,1-2,18-19,23-39H2,3-15H3,(H,99,105)/b44-21+,45-20+/t40-,41-,42+,47-,48-,49-,50-,51+,52-,53+,54-,55-,56+,57+,58-,59+,60+,61-,62-,63+,64-,65-,66+,67+,68+,69-,70-,71-,72-,73-,74-,75-,76+,77+,78-,79-,82+,83+,84+,85+,86+,87+,88-,89+,93-,94-,95+,96-,97-,98-/m1/s1. The second kappa shape index (κ2) is 46.4. The third-order valence-corrected chi connectivity index (χ3v) is 34.0. The fourth-order valence-corrected chi connectivity index (χ4v) is 24.7. The van der Waals surface area contributed by atoms with Gasteiger partial charge >= 0.3 is 17.9 Å². The van der Waals surface area contributed by atoms with Crippen LogP contribution in [0.5, 0.6) is 0 Å². The number of aliphatic hydroxyl groups is 24. The van der Waals surface area contributed by atoms with Crippen LogP contribution in [0.1, 0.15) is 167 Å². The zero-order chi connectivity index (χ0) is 107. The van der Waals surface area contributed by atoms with Crippen molar-refractivity contribution in [2.45, 2.75) is 430 Å². The van der Waals surface area contributed by atoms with Crippen LogP contribution in [-0.2, 0) is 104 Å². The molecule has 828 valence electrons. The molecule has 5 aliphatic carbocycles. The summed E-state index contributed by atoms with van der Waals surface area (Å²) in [6.07, 6.45) is -60.6. The Morgan fingerprint density at radius 1 is 0.476 bits per heavy atom. The molecule has 13 aliphatic rings. The molecule has 47 nitrogen and oxygen atoms in total. The van der Waals surface area contributed by atoms with E-state index in [1.165, 1.54) is 58.9 Å². The molecule has 8 heterocycles. The maximum atomic E-state index is 16.9. The van der Waals surface area contributed by atoms with Crippen molar-refractivity contribution in [2.75, 3.05) is 46.2 Å². The van der Waals surface area contributed by atoms with Crippen LogP contribution >= 0.6 is 0 Å². The lowest BCUT2D eigenvalue weighted by molar-refractivity contribution is -0.390. The zero-order valence-corrected chi connectivity index (χ0v) is 83.9. The van der Waals surface area contributed by atoms with Crippen LogP contribution in [0.4, 0.5) is 0 Å². The number of ether oxygens (including phenoxy) is 18. The Hall–Kier alpha value is -4.98. The van der Waals surface area contributed by atoms with Crippen LogP contribution in [-0.4, -0.2) is 456 Å². The molecule has 145 heavy (non-hydrogen) atoms. The summed E-state index contributed by atoms with van der Waals surface area (Å²) in [7, 11) is 0. The molecule has 50 atom stereocenters. The van der Waals surface area contributed by atoms with Crippen LogP contribution < -0.4 is 5.32 Å². The Morgan fingerprint density at radius 2 is 0.979 bits per heavy atom. The molecule has 12 fully saturated rings. The van der Waals surface area contributed by atoms with E-state index in [0.717, 1.165) is 0 Å². The summed E-state index contributed by atoms with van der Waals surface area (Å²) in [5.74, 6) is -5.48. The summed E-state index contributed by atoms with van der Waals surface area (Å²) < 4.78 is 110. The summed E-state index contributed by atoms with van der Waals surface area (Å²) in [6.45, 7) is 24.5. The minimum absolute atomic E-state index is 0.0571. The van der Waals surface area contributed by atoms with Gasteiger partial charge in [-0.1, -0.05) is 84.4 Å². The molecule has 13 rings (SSSR count). The SMILES string of the molecule is C=C[C@@](C)(O)CC/C=C(\CO)C(=O)O[C@H]1[C@H](O)[C@@H](O)[C@H](O[C@](C)(C=C)CC/C=C(\CO)C(=O)O[C@H]2C[C@]3(C(=O)O[C@@H]4O[C@H](CO)[C@@H](O)[C@H](O)[C@H]4O[C@@H]4O[C@@H](C)[C@H](O[C@@H]5O[C@@H](CO)[C@H](O)[C@H]5O)[C@@H](O[C@@H]5O[C@H](CO)[C@@H](O)[C@H](O)[C@H]5O)[C@H]4O)[C@H](O)C[C@]4(C)C(=CC[C@@H]5[C@@]6(C)CC[C@H](O[C@@H]7O[C@H](CO[C@@H]8O[C@H](C)[C@H](O)[C@H](O)[C@H]8O[C@@H]8OC[C@@H](O)[C@H](O)[C@H]8O)[C@@H](O)[C@H](O)[C@H]7NC(C)=O)C(C)(C)[C@@H]6CC[C@]54C)[C@H]3CC2(C)C)O[C@@H]1C. The van der Waals surface area contributed by atoms with Crippen LogP contribution in [0, 0.1) is 50.2 Å². The summed E-state index contributed by atoms with van der Waals surface area (Å²) >= 11 is 0. The summed E-state index contributed by atoms with van der Waals surface area (Å²) in [6, 6.07) is -1.38. The first kappa shape index (κ1) is 117. The van der Waals surface area contributed by atoms with Gasteiger partial charge in [-0.2, -0.15) is 0 Å². The van der Waals surface area contributed by atoms with Crippen LogP contribution in [0.3, 0.4) is 0 Å². The number of hydrogen-bond acceptors (Lipinski definition) is 46. The molecule has 0 aromatic heterocycles. The van der Waals surface area contributed by atoms with E-state index < -0.39 is 378 Å². The van der Waals surface area contributed by atoms with Crippen LogP contribution in [0.2, 0.25) is 0 Å². The highest BCUT2D eigenvalue weighted by molar-refractivity contribution is 5.89. The molecule has 8 saturated heterocycles. The predicted molar refractivity (Wildman–Crippen MR) is 490 cm³/mol. The number of esters is 3. The number of nitrogens with one attached hydrogen (secondary N) is 1. The van der Waals surface area contributed by atoms with E-state index in [2.05, 4.69) is 38.4 Å². The van der Waals surface area contributed by atoms with Gasteiger partial charge in [-0.3, -0.25) is 9.59 Å². The number of aliphatic hydroxyl groups excluding tert-OH is 23. The van der Waals surface area contributed by atoms with Gasteiger partial charge in [0.05, 0.1) is 99.1 Å². The highest BCUT2D eigenvalue weighted by Crippen LogP contribution is 2.76. The molecule has 0 unspecified atom stereocenters. The molecule has 0 bridgehead atoms. The quantitative estimate of drug-likeness (QED) is 0.00924. The minimum Gasteiger partial charge on any atom is -0.458 e. The molecule has 47 heteroatoms. The van der Waals surface area contributed by atoms with Crippen LogP contribution in [0.25, 0.3) is 0 Å². The predicted octanol–water partition coefficient (Wildman–Crippen LogP) is -5.92. The normalized spacial score (nSPS) is 47.7. The van der Waals surface area contributed by atoms with Gasteiger partial charge in [0, 0.05) is 18.8 Å². The minimum atomic E-state index is -2.30. The molecule has 0 radical (unpaired) electrons. The number of carbonyl (C=O) groups is 4. The van der Waals surface area contributed by atoms with Crippen molar-refractivity contribution in [1.29, 1.82) is 0 Å². The van der Waals surface area contributed by atoms with E-state index in [1.807, 2.05) is 20.8 Å². The Morgan fingerprint density at radius 3 is 1.59 bits per heavy atom. The van der Waals surface area contributed by atoms with Gasteiger partial charge in [-0.05, 0) is 145 Å². The van der Waals surface area contributed by atoms with Crippen molar-refractivity contribution in [3.63, 3.8) is 0 Å². The van der Waals surface area contributed by atoms with Gasteiger partial charge in [-0.25, -0.2) is 9.59 Å². The van der Waals surface area contributed by atoms with Crippen molar-refractivity contribution < 1.29 is 227 Å². The molecular formula is C98H155NO46. The Bertz CT molecular complexity index is 4490. The van der Waals surface area contributed by atoms with Gasteiger partial charge in [0.2, 0.25) is 12.2 Å². The molecule has 4 saturated carbocycles. The number of fused-ring (bicyclic) bond motifs is 7. The maximum Gasteiger partial charge on any atom is 0.336 e. The first-order valence-electron chi connectivity index (χ1n) is 50.0. The lowest BCUT2D eigenvalue weighted by atomic mass is 9.33. The van der Waals surface area contributed by atoms with Gasteiger partial charge in [0.25, 0.3) is 0 Å². The molecule has 0 aromatic rings. The average molecular weight is 2080 g/mol. The molecule has 0 aromatic carbocycles. The summed E-state index contributed by atoms with van der Waals surface area (Å²) in [5, 5.41) is 272. The van der Waals surface area contributed by atoms with Crippen molar-refractivity contribution in [2.24, 2.45) is 50.2 Å². The molecule has 1 amide bonds. The Balaban J connectivity index is 0.788. The first-order valence-corrected chi connectivity index (χ1v) is 50.0. The zero-order valence-electron chi connectivity index (χ0n) is 83.9. The summed E-state index contributed by atoms with van der Waals surface area (Å²) in [4.78, 5) is 58.4. The molecule has 8 aliphatic heterocycles. The average Bonchev–Trinajstić information content (AvgIpc) is 1.26. The maximum absolute atomic E-state index is 16.9. The largest absolute Gasteiger partial charge is 0.458 e. The smallest absolute Gasteiger partial charge is 0.336 e. The third-order valence-electron chi connectivity index (χ3n) is 34.0. The fourth-order valence-electron chi connectivity index (χ4n) is 24.7.